The molecule has 1 rings (SSSR count). The molecule has 0 fully saturated rings. The van der Waals surface area contributed by atoms with Gasteiger partial charge in [0.15, 0.2) is 0 Å². The van der Waals surface area contributed by atoms with Gasteiger partial charge in [-0.05, 0) is 45.0 Å². The molecule has 1 aromatic carbocycles. The van der Waals surface area contributed by atoms with Crippen molar-refractivity contribution in [1.29, 1.82) is 0 Å². The van der Waals surface area contributed by atoms with Crippen molar-refractivity contribution < 1.29 is 19.1 Å². The van der Waals surface area contributed by atoms with Crippen LogP contribution in [0, 0.1) is 0 Å². The molecule has 0 aliphatic rings. The van der Waals surface area contributed by atoms with E-state index < -0.39 is 5.97 Å². The number of carbonyl (C=O) groups excluding carboxylic acids is 2. The normalized spacial score (nSPS) is 11.2. The van der Waals surface area contributed by atoms with Crippen molar-refractivity contribution in [2.45, 2.75) is 26.3 Å². The van der Waals surface area contributed by atoms with Crippen LogP contribution in [0.3, 0.4) is 0 Å². The molecule has 1 aromatic rings. The van der Waals surface area contributed by atoms with E-state index in [-0.39, 0.29) is 11.4 Å². The van der Waals surface area contributed by atoms with E-state index in [9.17, 15) is 9.59 Å². The summed E-state index contributed by atoms with van der Waals surface area (Å²) in [5, 5.41) is 2.70. The number of nitrogens with one attached hydrogen (secondary N) is 1. The second kappa shape index (κ2) is 6.75. The Bertz CT molecular complexity index is 498. The van der Waals surface area contributed by atoms with Crippen LogP contribution in [0.5, 0.6) is 11.5 Å². The summed E-state index contributed by atoms with van der Waals surface area (Å²) in [5.41, 5.74) is -0.346. The topological polar surface area (TPSA) is 64.6 Å². The maximum absolute atomic E-state index is 11.5. The summed E-state index contributed by atoms with van der Waals surface area (Å²) in [6.07, 6.45) is 2.24. The minimum Gasteiger partial charge on any atom is -0.497 e. The first-order chi connectivity index (χ1) is 9.30. The smallest absolute Gasteiger partial charge is 0.336 e. The zero-order valence-electron chi connectivity index (χ0n) is 12.1. The van der Waals surface area contributed by atoms with Crippen LogP contribution in [0.4, 0.5) is 0 Å². The molecule has 1 amide bonds. The van der Waals surface area contributed by atoms with Gasteiger partial charge in [-0.3, -0.25) is 4.79 Å². The Hall–Kier alpha value is -2.30. The summed E-state index contributed by atoms with van der Waals surface area (Å²) in [6.45, 7) is 5.57. The molecule has 0 saturated carbocycles. The maximum atomic E-state index is 11.5. The monoisotopic (exact) mass is 277 g/mol. The Balaban J connectivity index is 2.52. The van der Waals surface area contributed by atoms with E-state index in [2.05, 4.69) is 5.32 Å². The van der Waals surface area contributed by atoms with E-state index in [0.29, 0.717) is 11.5 Å². The first-order valence-electron chi connectivity index (χ1n) is 6.16. The minimum atomic E-state index is -0.612. The SMILES string of the molecule is COc1ccc(OC(=O)/C=C\C(=O)NC(C)(C)C)cc1. The molecule has 0 heterocycles. The Kier molecular flexibility index (Phi) is 5.32. The number of carbonyl (C=O) groups is 2. The molecule has 0 atom stereocenters. The maximum Gasteiger partial charge on any atom is 0.336 e. The predicted octanol–water partition coefficient (Wildman–Crippen LogP) is 2.07. The molecule has 108 valence electrons. The fourth-order valence-corrected chi connectivity index (χ4v) is 1.35. The van der Waals surface area contributed by atoms with E-state index in [1.165, 1.54) is 0 Å². The lowest BCUT2D eigenvalue weighted by molar-refractivity contribution is -0.129. The highest BCUT2D eigenvalue weighted by Gasteiger charge is 2.11. The molecule has 0 saturated heterocycles. The number of esters is 1. The third kappa shape index (κ3) is 6.04. The van der Waals surface area contributed by atoms with Gasteiger partial charge in [0.25, 0.3) is 0 Å². The fraction of sp³-hybridized carbons (Fsp3) is 0.333. The van der Waals surface area contributed by atoms with Crippen LogP contribution < -0.4 is 14.8 Å². The standard InChI is InChI=1S/C15H19NO4/c1-15(2,3)16-13(17)9-10-14(18)20-12-7-5-11(19-4)6-8-12/h5-10H,1-4H3,(H,16,17)/b10-9-. The van der Waals surface area contributed by atoms with Gasteiger partial charge in [-0.15, -0.1) is 0 Å². The quantitative estimate of drug-likeness (QED) is 0.520. The van der Waals surface area contributed by atoms with Gasteiger partial charge in [0.2, 0.25) is 5.91 Å². The molecule has 0 aromatic heterocycles. The number of ether oxygens (including phenoxy) is 2. The second-order valence-electron chi connectivity index (χ2n) is 5.17. The molecule has 0 bridgehead atoms. The van der Waals surface area contributed by atoms with Gasteiger partial charge < -0.3 is 14.8 Å². The van der Waals surface area contributed by atoms with Crippen molar-refractivity contribution in [2.24, 2.45) is 0 Å². The Morgan fingerprint density at radius 2 is 1.60 bits per heavy atom. The number of rotatable bonds is 4. The molecular weight excluding hydrogens is 258 g/mol. The summed E-state index contributed by atoms with van der Waals surface area (Å²) in [7, 11) is 1.55. The number of hydrogen-bond donors (Lipinski definition) is 1. The first-order valence-corrected chi connectivity index (χ1v) is 6.16. The summed E-state index contributed by atoms with van der Waals surface area (Å²) in [5.74, 6) is 0.102. The Morgan fingerprint density at radius 3 is 2.10 bits per heavy atom. The highest BCUT2D eigenvalue weighted by molar-refractivity contribution is 5.95. The molecule has 20 heavy (non-hydrogen) atoms. The second-order valence-corrected chi connectivity index (χ2v) is 5.17. The van der Waals surface area contributed by atoms with Crippen LogP contribution in [0.1, 0.15) is 20.8 Å². The first kappa shape index (κ1) is 15.8. The lowest BCUT2D eigenvalue weighted by Crippen LogP contribution is -2.39. The van der Waals surface area contributed by atoms with Crippen LogP contribution in [0.25, 0.3) is 0 Å². The van der Waals surface area contributed by atoms with Gasteiger partial charge in [0.05, 0.1) is 7.11 Å². The molecule has 0 unspecified atom stereocenters. The van der Waals surface area contributed by atoms with Crippen molar-refractivity contribution in [1.82, 2.24) is 5.32 Å². The average molecular weight is 277 g/mol. The summed E-state index contributed by atoms with van der Waals surface area (Å²) >= 11 is 0. The molecule has 0 spiro atoms. The van der Waals surface area contributed by atoms with Crippen molar-refractivity contribution >= 4 is 11.9 Å². The largest absolute Gasteiger partial charge is 0.497 e. The van der Waals surface area contributed by atoms with Crippen molar-refractivity contribution in [3.05, 3.63) is 36.4 Å². The number of benzene rings is 1. The van der Waals surface area contributed by atoms with Gasteiger partial charge in [-0.2, -0.15) is 0 Å². The lowest BCUT2D eigenvalue weighted by atomic mass is 10.1. The van der Waals surface area contributed by atoms with E-state index in [0.717, 1.165) is 12.2 Å². The molecule has 0 aliphatic carbocycles. The number of amides is 1. The van der Waals surface area contributed by atoms with E-state index in [4.69, 9.17) is 9.47 Å². The van der Waals surface area contributed by atoms with E-state index in [1.807, 2.05) is 20.8 Å². The third-order valence-corrected chi connectivity index (χ3v) is 2.15. The lowest BCUT2D eigenvalue weighted by Gasteiger charge is -2.18. The van der Waals surface area contributed by atoms with Crippen molar-refractivity contribution in [2.75, 3.05) is 7.11 Å². The summed E-state index contributed by atoms with van der Waals surface area (Å²) < 4.78 is 10.0. The van der Waals surface area contributed by atoms with Crippen LogP contribution in [0.2, 0.25) is 0 Å². The predicted molar refractivity (Wildman–Crippen MR) is 75.7 cm³/mol. The average Bonchev–Trinajstić information content (AvgIpc) is 2.35. The highest BCUT2D eigenvalue weighted by Crippen LogP contribution is 2.17. The zero-order chi connectivity index (χ0) is 15.2. The van der Waals surface area contributed by atoms with Gasteiger partial charge in [-0.1, -0.05) is 0 Å². The fourth-order valence-electron chi connectivity index (χ4n) is 1.35. The van der Waals surface area contributed by atoms with Crippen LogP contribution in [-0.2, 0) is 9.59 Å². The van der Waals surface area contributed by atoms with Crippen LogP contribution >= 0.6 is 0 Å². The van der Waals surface area contributed by atoms with E-state index in [1.54, 1.807) is 31.4 Å². The number of methoxy groups -OCH3 is 1. The summed E-state index contributed by atoms with van der Waals surface area (Å²) in [6, 6.07) is 6.58. The highest BCUT2D eigenvalue weighted by atomic mass is 16.5. The van der Waals surface area contributed by atoms with Crippen LogP contribution in [0.15, 0.2) is 36.4 Å². The number of hydrogen-bond acceptors (Lipinski definition) is 4. The molecule has 5 heteroatoms. The molecule has 1 N–H and O–H groups in total. The molecular formula is C15H19NO4. The molecule has 0 aliphatic heterocycles. The molecule has 5 nitrogen and oxygen atoms in total. The van der Waals surface area contributed by atoms with Crippen molar-refractivity contribution in [3.63, 3.8) is 0 Å². The third-order valence-electron chi connectivity index (χ3n) is 2.15. The zero-order valence-corrected chi connectivity index (χ0v) is 12.1. The Labute approximate surface area is 118 Å². The van der Waals surface area contributed by atoms with Gasteiger partial charge in [0, 0.05) is 17.7 Å². The van der Waals surface area contributed by atoms with Gasteiger partial charge in [-0.25, -0.2) is 4.79 Å². The molecule has 0 radical (unpaired) electrons. The Morgan fingerprint density at radius 1 is 1.05 bits per heavy atom. The van der Waals surface area contributed by atoms with E-state index >= 15 is 0 Å². The van der Waals surface area contributed by atoms with Gasteiger partial charge >= 0.3 is 5.97 Å². The minimum absolute atomic E-state index is 0.343. The van der Waals surface area contributed by atoms with Crippen LogP contribution in [-0.4, -0.2) is 24.5 Å². The van der Waals surface area contributed by atoms with Crippen molar-refractivity contribution in [3.8, 4) is 11.5 Å². The summed E-state index contributed by atoms with van der Waals surface area (Å²) in [4.78, 5) is 23.0. The van der Waals surface area contributed by atoms with Gasteiger partial charge in [0.1, 0.15) is 11.5 Å².